The second-order valence-electron chi connectivity index (χ2n) is 6.84. The molecule has 1 amide bonds. The molecule has 0 saturated carbocycles. The topological polar surface area (TPSA) is 106 Å². The van der Waals surface area contributed by atoms with E-state index in [0.29, 0.717) is 65.5 Å². The van der Waals surface area contributed by atoms with Crippen LogP contribution in [0.2, 0.25) is 0 Å². The lowest BCUT2D eigenvalue weighted by Gasteiger charge is -2.20. The van der Waals surface area contributed by atoms with Crippen molar-refractivity contribution >= 4 is 80.6 Å². The first-order chi connectivity index (χ1) is 15.3. The Balaban J connectivity index is 2.20. The highest BCUT2D eigenvalue weighted by Crippen LogP contribution is 2.49. The van der Waals surface area contributed by atoms with Crippen LogP contribution in [0.4, 0.5) is 0 Å². The van der Waals surface area contributed by atoms with Gasteiger partial charge in [-0.15, -0.1) is 0 Å². The number of rotatable bonds is 4. The summed E-state index contributed by atoms with van der Waals surface area (Å²) in [6.07, 6.45) is 0. The van der Waals surface area contributed by atoms with Crippen LogP contribution < -0.4 is 16.5 Å². The van der Waals surface area contributed by atoms with E-state index in [4.69, 9.17) is 10.2 Å². The summed E-state index contributed by atoms with van der Waals surface area (Å²) in [5.41, 5.74) is 7.95. The van der Waals surface area contributed by atoms with Gasteiger partial charge in [0.1, 0.15) is 14.7 Å². The van der Waals surface area contributed by atoms with Crippen molar-refractivity contribution in [2.45, 2.75) is 0 Å². The number of benzene rings is 3. The smallest absolute Gasteiger partial charge is 0.251 e. The normalized spacial score (nSPS) is 11.3. The molecule has 0 radical (unpaired) electrons. The van der Waals surface area contributed by atoms with Gasteiger partial charge in [0.25, 0.3) is 5.91 Å². The number of hydrogen-bond acceptors (Lipinski definition) is 5. The van der Waals surface area contributed by atoms with Crippen LogP contribution in [0.25, 0.3) is 33.4 Å². The minimum Gasteiger partial charge on any atom is -0.505 e. The fraction of sp³-hybridized carbons (Fsp3) is 0.0909. The van der Waals surface area contributed by atoms with Gasteiger partial charge in [0, 0.05) is 35.2 Å². The Morgan fingerprint density at radius 2 is 1.75 bits per heavy atom. The van der Waals surface area contributed by atoms with Gasteiger partial charge in [-0.1, -0.05) is 18.2 Å². The zero-order valence-electron chi connectivity index (χ0n) is 16.1. The molecule has 32 heavy (non-hydrogen) atoms. The fourth-order valence-corrected chi connectivity index (χ4v) is 5.87. The molecule has 4 rings (SSSR count). The summed E-state index contributed by atoms with van der Waals surface area (Å²) in [4.78, 5) is 25.5. The van der Waals surface area contributed by atoms with Gasteiger partial charge in [0.15, 0.2) is 11.3 Å². The molecule has 0 aromatic heterocycles. The van der Waals surface area contributed by atoms with Crippen LogP contribution in [0.1, 0.15) is 10.4 Å². The maximum Gasteiger partial charge on any atom is 0.251 e. The number of hydrogen-bond donors (Lipinski definition) is 3. The third-order valence-corrected chi connectivity index (χ3v) is 7.54. The molecule has 4 N–H and O–H groups in total. The monoisotopic (exact) mass is 686 g/mol. The predicted molar refractivity (Wildman–Crippen MR) is 138 cm³/mol. The van der Waals surface area contributed by atoms with Crippen LogP contribution in [-0.2, 0) is 0 Å². The molecule has 10 heteroatoms. The molecule has 6 nitrogen and oxygen atoms in total. The molecule has 0 saturated heterocycles. The Labute approximate surface area is 216 Å². The van der Waals surface area contributed by atoms with Crippen molar-refractivity contribution in [3.8, 4) is 28.2 Å². The molecule has 2 aromatic rings. The first-order valence-electron chi connectivity index (χ1n) is 9.29. The number of amides is 1. The Kier molecular flexibility index (Phi) is 6.78. The number of carbonyl (C=O) groups is 1. The Bertz CT molecular complexity index is 1420. The lowest BCUT2D eigenvalue weighted by Crippen LogP contribution is -2.29. The number of nitrogens with two attached hydrogens (primary N) is 1. The minimum absolute atomic E-state index is 0.0453. The number of carbonyl (C=O) groups excluding carboxylic acids is 1. The standard InChI is InChI=1S/C22H14Br4N2O4/c23-13-7-11-15(9-3-1-2-4-10(9)22(31)28-6-5-27)12-8-14(24)19(30)17(26)21(12)32-20(11)16(25)18(13)29/h1-4,7-8,29H,5-6,27H2,(H,28,31). The molecule has 2 aliphatic rings. The highest BCUT2D eigenvalue weighted by molar-refractivity contribution is 9.11. The van der Waals surface area contributed by atoms with Gasteiger partial charge in [-0.25, -0.2) is 0 Å². The zero-order chi connectivity index (χ0) is 23.2. The molecule has 0 bridgehead atoms. The van der Waals surface area contributed by atoms with Gasteiger partial charge in [-0.2, -0.15) is 0 Å². The van der Waals surface area contributed by atoms with Gasteiger partial charge >= 0.3 is 0 Å². The number of phenolic OH excluding ortho intramolecular Hbond substituents is 1. The number of nitrogens with one attached hydrogen (secondary N) is 1. The summed E-state index contributed by atoms with van der Waals surface area (Å²) in [5.74, 6) is -0.0278. The predicted octanol–water partition coefficient (Wildman–Crippen LogP) is 6.01. The van der Waals surface area contributed by atoms with Crippen LogP contribution in [0.5, 0.6) is 5.75 Å². The Hall–Kier alpha value is -1.72. The van der Waals surface area contributed by atoms with E-state index in [-0.39, 0.29) is 21.6 Å². The number of aromatic hydroxyl groups is 1. The lowest BCUT2D eigenvalue weighted by atomic mass is 9.90. The summed E-state index contributed by atoms with van der Waals surface area (Å²) >= 11 is 13.4. The quantitative estimate of drug-likeness (QED) is 0.228. The summed E-state index contributed by atoms with van der Waals surface area (Å²) in [6.45, 7) is 0.649. The maximum absolute atomic E-state index is 12.9. The Morgan fingerprint density at radius 1 is 1.03 bits per heavy atom. The summed E-state index contributed by atoms with van der Waals surface area (Å²) in [7, 11) is 0. The third kappa shape index (κ3) is 3.92. The van der Waals surface area contributed by atoms with E-state index in [9.17, 15) is 14.7 Å². The highest BCUT2D eigenvalue weighted by Gasteiger charge is 2.27. The first kappa shape index (κ1) is 23.4. The third-order valence-electron chi connectivity index (χ3n) is 4.89. The molecule has 0 atom stereocenters. The van der Waals surface area contributed by atoms with E-state index >= 15 is 0 Å². The maximum atomic E-state index is 12.9. The van der Waals surface area contributed by atoms with Crippen molar-refractivity contribution in [3.63, 3.8) is 0 Å². The number of halogens is 4. The molecule has 1 heterocycles. The molecule has 0 spiro atoms. The van der Waals surface area contributed by atoms with Gasteiger partial charge in [0.05, 0.1) is 8.95 Å². The van der Waals surface area contributed by atoms with Crippen molar-refractivity contribution in [3.05, 3.63) is 70.1 Å². The lowest BCUT2D eigenvalue weighted by molar-refractivity contribution is 0.0955. The molecule has 1 aliphatic carbocycles. The van der Waals surface area contributed by atoms with E-state index in [1.54, 1.807) is 24.3 Å². The van der Waals surface area contributed by atoms with E-state index < -0.39 is 0 Å². The average Bonchev–Trinajstić information content (AvgIpc) is 2.79. The average molecular weight is 690 g/mol. The summed E-state index contributed by atoms with van der Waals surface area (Å²) in [5, 5.41) is 13.9. The molecular weight excluding hydrogens is 676 g/mol. The van der Waals surface area contributed by atoms with E-state index in [1.165, 1.54) is 0 Å². The molecule has 164 valence electrons. The minimum atomic E-state index is -0.280. The van der Waals surface area contributed by atoms with Crippen molar-refractivity contribution < 1.29 is 14.3 Å². The van der Waals surface area contributed by atoms with Gasteiger partial charge < -0.3 is 20.6 Å². The van der Waals surface area contributed by atoms with Gasteiger partial charge in [-0.3, -0.25) is 9.59 Å². The summed E-state index contributed by atoms with van der Waals surface area (Å²) < 4.78 is 7.42. The van der Waals surface area contributed by atoms with Crippen molar-refractivity contribution in [1.29, 1.82) is 0 Å². The van der Waals surface area contributed by atoms with Crippen LogP contribution in [0.3, 0.4) is 0 Å². The molecule has 2 aromatic carbocycles. The van der Waals surface area contributed by atoms with Crippen LogP contribution in [0.15, 0.2) is 63.5 Å². The molecule has 1 aliphatic heterocycles. The fourth-order valence-electron chi connectivity index (χ4n) is 3.46. The van der Waals surface area contributed by atoms with Gasteiger partial charge in [-0.05, 0) is 87.5 Å². The van der Waals surface area contributed by atoms with E-state index in [0.717, 1.165) is 0 Å². The van der Waals surface area contributed by atoms with E-state index in [1.807, 2.05) is 12.1 Å². The van der Waals surface area contributed by atoms with Gasteiger partial charge in [0.2, 0.25) is 5.43 Å². The zero-order valence-corrected chi connectivity index (χ0v) is 22.5. The van der Waals surface area contributed by atoms with Crippen LogP contribution >= 0.6 is 63.7 Å². The van der Waals surface area contributed by atoms with Crippen molar-refractivity contribution in [2.24, 2.45) is 5.73 Å². The largest absolute Gasteiger partial charge is 0.505 e. The second kappa shape index (κ2) is 9.26. The number of phenols is 1. The first-order valence-corrected chi connectivity index (χ1v) is 12.5. The number of fused-ring (bicyclic) bond motifs is 2. The Morgan fingerprint density at radius 3 is 2.47 bits per heavy atom. The molecular formula is C22H14Br4N2O4. The van der Waals surface area contributed by atoms with Crippen LogP contribution in [0, 0.1) is 0 Å². The summed E-state index contributed by atoms with van der Waals surface area (Å²) in [6, 6.07) is 10.5. The van der Waals surface area contributed by atoms with E-state index in [2.05, 4.69) is 69.0 Å². The highest BCUT2D eigenvalue weighted by atomic mass is 79.9. The molecule has 0 unspecified atom stereocenters. The van der Waals surface area contributed by atoms with Crippen molar-refractivity contribution in [2.75, 3.05) is 13.1 Å². The SMILES string of the molecule is NCCNC(=O)c1ccccc1-c1c2cc(Br)c(=O)c(Br)c-2oc2c(Br)c(O)c(Br)cc12. The van der Waals surface area contributed by atoms with Crippen molar-refractivity contribution in [1.82, 2.24) is 5.32 Å². The van der Waals surface area contributed by atoms with Crippen LogP contribution in [-0.4, -0.2) is 24.1 Å². The molecule has 0 fully saturated rings. The second-order valence-corrected chi connectivity index (χ2v) is 10.1.